The third-order valence-corrected chi connectivity index (χ3v) is 2.64. The van der Waals surface area contributed by atoms with E-state index in [1.807, 2.05) is 0 Å². The zero-order valence-electron chi connectivity index (χ0n) is 10.6. The lowest BCUT2D eigenvalue weighted by molar-refractivity contribution is -0.387. The quantitative estimate of drug-likeness (QED) is 0.585. The van der Waals surface area contributed by atoms with Gasteiger partial charge in [-0.1, -0.05) is 0 Å². The third kappa shape index (κ3) is 2.69. The van der Waals surface area contributed by atoms with Crippen molar-refractivity contribution in [2.45, 2.75) is 20.4 Å². The lowest BCUT2D eigenvalue weighted by atomic mass is 9.94. The summed E-state index contributed by atoms with van der Waals surface area (Å²) in [4.78, 5) is 44.4. The summed E-state index contributed by atoms with van der Waals surface area (Å²) >= 11 is 0. The molecule has 0 amide bonds. The molecule has 0 saturated carbocycles. The molecule has 1 aromatic rings. The number of carboxylic acid groups (broad SMARTS) is 1. The molecule has 1 aromatic heterocycles. The molecule has 1 N–H and O–H groups in total. The minimum atomic E-state index is -1.40. The number of aryl methyl sites for hydroxylation is 1. The molecular weight excluding hydrogens is 258 g/mol. The van der Waals surface area contributed by atoms with Crippen molar-refractivity contribution in [2.24, 2.45) is 12.5 Å². The number of rotatable bonds is 4. The summed E-state index contributed by atoms with van der Waals surface area (Å²) in [6.45, 7) is 2.19. The molecule has 9 nitrogen and oxygen atoms in total. The van der Waals surface area contributed by atoms with Crippen molar-refractivity contribution in [3.8, 4) is 0 Å². The Balaban J connectivity index is 3.52. The molecule has 0 atom stereocenters. The molecule has 0 radical (unpaired) electrons. The first kappa shape index (κ1) is 14.6. The predicted octanol–water partition coefficient (Wildman–Crippen LogP) is -0.434. The Morgan fingerprint density at radius 3 is 2.42 bits per heavy atom. The van der Waals surface area contributed by atoms with Crippen LogP contribution in [-0.4, -0.2) is 25.1 Å². The van der Waals surface area contributed by atoms with Crippen molar-refractivity contribution in [2.75, 3.05) is 0 Å². The fourth-order valence-electron chi connectivity index (χ4n) is 1.44. The molecule has 1 rings (SSSR count). The fourth-order valence-corrected chi connectivity index (χ4v) is 1.44. The van der Waals surface area contributed by atoms with Gasteiger partial charge in [-0.25, -0.2) is 4.79 Å². The van der Waals surface area contributed by atoms with Crippen LogP contribution < -0.4 is 11.2 Å². The number of hydrogen-bond donors (Lipinski definition) is 1. The molecule has 1 heterocycles. The first-order chi connectivity index (χ1) is 8.58. The van der Waals surface area contributed by atoms with Gasteiger partial charge in [0.1, 0.15) is 0 Å². The molecule has 0 unspecified atom stereocenters. The van der Waals surface area contributed by atoms with Crippen LogP contribution in [0.5, 0.6) is 0 Å². The zero-order chi connectivity index (χ0) is 15.0. The highest BCUT2D eigenvalue weighted by Crippen LogP contribution is 2.16. The normalized spacial score (nSPS) is 11.3. The van der Waals surface area contributed by atoms with Crippen LogP contribution in [0.3, 0.4) is 0 Å². The lowest BCUT2D eigenvalue weighted by Gasteiger charge is -2.19. The molecule has 0 bridgehead atoms. The summed E-state index contributed by atoms with van der Waals surface area (Å²) in [5.74, 6) is -1.21. The molecule has 0 aliphatic heterocycles. The van der Waals surface area contributed by atoms with Gasteiger partial charge in [-0.05, 0) is 13.8 Å². The van der Waals surface area contributed by atoms with Crippen molar-refractivity contribution < 1.29 is 14.8 Å². The summed E-state index contributed by atoms with van der Waals surface area (Å²) in [6.07, 6.45) is 0.814. The molecule has 9 heteroatoms. The summed E-state index contributed by atoms with van der Waals surface area (Å²) in [5, 5.41) is 19.7. The zero-order valence-corrected chi connectivity index (χ0v) is 10.6. The van der Waals surface area contributed by atoms with E-state index in [2.05, 4.69) is 0 Å². The van der Waals surface area contributed by atoms with E-state index in [4.69, 9.17) is 5.11 Å². The van der Waals surface area contributed by atoms with E-state index in [1.165, 1.54) is 20.9 Å². The number of hydrogen-bond acceptors (Lipinski definition) is 5. The lowest BCUT2D eigenvalue weighted by Crippen LogP contribution is -2.44. The molecule has 19 heavy (non-hydrogen) atoms. The highest BCUT2D eigenvalue weighted by atomic mass is 16.6. The smallest absolute Gasteiger partial charge is 0.350 e. The van der Waals surface area contributed by atoms with Crippen LogP contribution in [0.4, 0.5) is 5.69 Å². The second-order valence-corrected chi connectivity index (χ2v) is 4.75. The van der Waals surface area contributed by atoms with Crippen LogP contribution in [-0.2, 0) is 18.4 Å². The second-order valence-electron chi connectivity index (χ2n) is 4.75. The Morgan fingerprint density at radius 1 is 1.47 bits per heavy atom. The molecule has 0 aliphatic rings. The van der Waals surface area contributed by atoms with Crippen molar-refractivity contribution >= 4 is 11.7 Å². The van der Waals surface area contributed by atoms with Crippen LogP contribution in [0.2, 0.25) is 0 Å². The maximum Gasteiger partial charge on any atom is 0.350 e. The van der Waals surface area contributed by atoms with E-state index in [9.17, 15) is 24.5 Å². The molecule has 0 aliphatic carbocycles. The van der Waals surface area contributed by atoms with Crippen LogP contribution in [0.25, 0.3) is 0 Å². The number of carboxylic acids is 1. The van der Waals surface area contributed by atoms with Crippen LogP contribution in [0.15, 0.2) is 15.8 Å². The molecule has 0 spiro atoms. The number of carbonyl (C=O) groups is 1. The van der Waals surface area contributed by atoms with E-state index in [0.717, 1.165) is 10.8 Å². The van der Waals surface area contributed by atoms with Crippen LogP contribution >= 0.6 is 0 Å². The van der Waals surface area contributed by atoms with Crippen molar-refractivity contribution in [3.05, 3.63) is 37.1 Å². The second kappa shape index (κ2) is 4.67. The van der Waals surface area contributed by atoms with E-state index < -0.39 is 39.8 Å². The number of aromatic nitrogens is 2. The highest BCUT2D eigenvalue weighted by molar-refractivity contribution is 5.73. The minimum Gasteiger partial charge on any atom is -0.481 e. The van der Waals surface area contributed by atoms with Gasteiger partial charge in [0.05, 0.1) is 16.5 Å². The molecular formula is C10H13N3O6. The Bertz CT molecular complexity index is 654. The highest BCUT2D eigenvalue weighted by Gasteiger charge is 2.31. The Morgan fingerprint density at radius 2 is 2.00 bits per heavy atom. The summed E-state index contributed by atoms with van der Waals surface area (Å²) in [6, 6.07) is 0. The van der Waals surface area contributed by atoms with Gasteiger partial charge in [0.25, 0.3) is 0 Å². The monoisotopic (exact) mass is 271 g/mol. The van der Waals surface area contributed by atoms with Crippen molar-refractivity contribution in [1.29, 1.82) is 0 Å². The maximum atomic E-state index is 11.8. The van der Waals surface area contributed by atoms with E-state index in [-0.39, 0.29) is 0 Å². The average molecular weight is 271 g/mol. The Kier molecular flexibility index (Phi) is 3.59. The number of nitrogens with zero attached hydrogens (tertiary/aromatic N) is 3. The number of aliphatic carboxylic acids is 1. The first-order valence-electron chi connectivity index (χ1n) is 5.26. The summed E-state index contributed by atoms with van der Waals surface area (Å²) in [5.41, 5.74) is -4.08. The molecule has 104 valence electrons. The van der Waals surface area contributed by atoms with E-state index >= 15 is 0 Å². The molecule has 0 aromatic carbocycles. The van der Waals surface area contributed by atoms with Gasteiger partial charge in [0.2, 0.25) is 0 Å². The minimum absolute atomic E-state index is 0.449. The van der Waals surface area contributed by atoms with Gasteiger partial charge in [0, 0.05) is 13.6 Å². The SMILES string of the molecule is Cn1cc([N+](=O)[O-])c(=O)n(CC(C)(C)C(=O)O)c1=O. The van der Waals surface area contributed by atoms with Crippen LogP contribution in [0.1, 0.15) is 13.8 Å². The Labute approximate surface area is 106 Å². The van der Waals surface area contributed by atoms with E-state index in [1.54, 1.807) is 0 Å². The fraction of sp³-hybridized carbons (Fsp3) is 0.500. The van der Waals surface area contributed by atoms with Gasteiger partial charge < -0.3 is 5.11 Å². The first-order valence-corrected chi connectivity index (χ1v) is 5.26. The van der Waals surface area contributed by atoms with Crippen molar-refractivity contribution in [3.63, 3.8) is 0 Å². The molecule has 0 fully saturated rings. The van der Waals surface area contributed by atoms with Gasteiger partial charge in [0.15, 0.2) is 0 Å². The summed E-state index contributed by atoms with van der Waals surface area (Å²) < 4.78 is 1.43. The largest absolute Gasteiger partial charge is 0.481 e. The van der Waals surface area contributed by atoms with E-state index in [0.29, 0.717) is 4.57 Å². The maximum absolute atomic E-state index is 11.8. The van der Waals surface area contributed by atoms with Gasteiger partial charge in [-0.2, -0.15) is 0 Å². The average Bonchev–Trinajstić information content (AvgIpc) is 2.28. The van der Waals surface area contributed by atoms with Crippen molar-refractivity contribution in [1.82, 2.24) is 9.13 Å². The topological polar surface area (TPSA) is 124 Å². The predicted molar refractivity (Wildman–Crippen MR) is 64.0 cm³/mol. The third-order valence-electron chi connectivity index (χ3n) is 2.64. The van der Waals surface area contributed by atoms with Gasteiger partial charge in [-0.3, -0.25) is 28.8 Å². The summed E-state index contributed by atoms with van der Waals surface area (Å²) in [7, 11) is 1.25. The number of nitro groups is 1. The van der Waals surface area contributed by atoms with Gasteiger partial charge in [-0.15, -0.1) is 0 Å². The van der Waals surface area contributed by atoms with Crippen LogP contribution in [0, 0.1) is 15.5 Å². The van der Waals surface area contributed by atoms with Gasteiger partial charge >= 0.3 is 22.9 Å². The Hall–Kier alpha value is -2.45. The standard InChI is InChI=1S/C10H13N3O6/c1-10(2,8(15)16)5-12-7(14)6(13(18)19)4-11(3)9(12)17/h4H,5H2,1-3H3,(H,15,16). The molecule has 0 saturated heterocycles.